The van der Waals surface area contributed by atoms with Gasteiger partial charge in [0.25, 0.3) is 10.0 Å². The van der Waals surface area contributed by atoms with Crippen LogP contribution in [0.25, 0.3) is 0 Å². The van der Waals surface area contributed by atoms with Gasteiger partial charge in [0.05, 0.1) is 30.4 Å². The van der Waals surface area contributed by atoms with Crippen LogP contribution < -0.4 is 9.62 Å². The molecule has 0 atom stereocenters. The van der Waals surface area contributed by atoms with E-state index in [1.807, 2.05) is 26.0 Å². The highest BCUT2D eigenvalue weighted by atomic mass is 32.2. The number of anilines is 2. The molecule has 1 aliphatic rings. The number of methoxy groups -OCH3 is 2. The lowest BCUT2D eigenvalue weighted by atomic mass is 10.1. The molecule has 2 aromatic rings. The number of nitrogens with zero attached hydrogens (tertiary/aromatic N) is 1. The van der Waals surface area contributed by atoms with Crippen LogP contribution in [0.4, 0.5) is 11.4 Å². The van der Waals surface area contributed by atoms with Gasteiger partial charge in [-0.2, -0.15) is 0 Å². The van der Waals surface area contributed by atoms with E-state index in [-0.39, 0.29) is 16.2 Å². The molecule has 33 heavy (non-hydrogen) atoms. The lowest BCUT2D eigenvalue weighted by Crippen LogP contribution is -2.27. The first-order valence-electron chi connectivity index (χ1n) is 9.93. The minimum atomic E-state index is -3.85. The molecule has 0 saturated carbocycles. The topological polar surface area (TPSA) is 102 Å². The Kier molecular flexibility index (Phi) is 7.03. The van der Waals surface area contributed by atoms with Crippen molar-refractivity contribution >= 4 is 33.3 Å². The Morgan fingerprint density at radius 2 is 1.58 bits per heavy atom. The number of sulfonamides is 1. The molecule has 1 heterocycles. The zero-order valence-electron chi connectivity index (χ0n) is 18.7. The standard InChI is InChI=1S/C24H24N2O6S/c1-16-8-9-17(2)21(15-16)25-33(29,30)19-12-10-18(11-13-19)26-14-6-5-7-20(23(27)31-3)22(26)24(28)32-4/h5-15,25H,1-4H3. The second-order valence-corrected chi connectivity index (χ2v) is 8.92. The zero-order valence-corrected chi connectivity index (χ0v) is 19.5. The minimum Gasteiger partial charge on any atom is -0.465 e. The Bertz CT molecular complexity index is 1270. The zero-order chi connectivity index (χ0) is 24.2. The summed E-state index contributed by atoms with van der Waals surface area (Å²) in [4.78, 5) is 26.3. The van der Waals surface area contributed by atoms with Crippen molar-refractivity contribution in [2.45, 2.75) is 18.7 Å². The number of carbonyl (C=O) groups excluding carboxylic acids is 2. The Morgan fingerprint density at radius 1 is 0.909 bits per heavy atom. The number of esters is 2. The number of carbonyl (C=O) groups is 2. The van der Waals surface area contributed by atoms with Crippen LogP contribution in [0.2, 0.25) is 0 Å². The predicted octanol–water partition coefficient (Wildman–Crippen LogP) is 3.59. The fourth-order valence-corrected chi connectivity index (χ4v) is 4.32. The van der Waals surface area contributed by atoms with Crippen LogP contribution in [0.3, 0.4) is 0 Å². The second-order valence-electron chi connectivity index (χ2n) is 7.23. The molecule has 2 aromatic carbocycles. The van der Waals surface area contributed by atoms with Crippen LogP contribution >= 0.6 is 0 Å². The molecule has 8 nitrogen and oxygen atoms in total. The first-order valence-corrected chi connectivity index (χ1v) is 11.4. The molecule has 9 heteroatoms. The Hall–Kier alpha value is -3.85. The third-order valence-electron chi connectivity index (χ3n) is 4.95. The van der Waals surface area contributed by atoms with E-state index < -0.39 is 22.0 Å². The summed E-state index contributed by atoms with van der Waals surface area (Å²) in [5.41, 5.74) is 2.62. The maximum atomic E-state index is 12.9. The number of hydrogen-bond donors (Lipinski definition) is 1. The molecule has 0 aliphatic carbocycles. The SMILES string of the molecule is COC(=O)C1=C(C(=O)OC)N(c2ccc(S(=O)(=O)Nc3cc(C)ccc3C)cc2)C=CC=C1. The van der Waals surface area contributed by atoms with Crippen molar-refractivity contribution in [2.24, 2.45) is 0 Å². The predicted molar refractivity (Wildman–Crippen MR) is 125 cm³/mol. The molecule has 0 bridgehead atoms. The van der Waals surface area contributed by atoms with Gasteiger partial charge in [-0.1, -0.05) is 18.2 Å². The molecule has 0 saturated heterocycles. The van der Waals surface area contributed by atoms with Crippen molar-refractivity contribution in [1.29, 1.82) is 0 Å². The Balaban J connectivity index is 1.99. The quantitative estimate of drug-likeness (QED) is 0.647. The molecule has 0 radical (unpaired) electrons. The smallest absolute Gasteiger partial charge is 0.355 e. The maximum absolute atomic E-state index is 12.9. The molecule has 0 fully saturated rings. The number of hydrogen-bond acceptors (Lipinski definition) is 7. The van der Waals surface area contributed by atoms with Crippen molar-refractivity contribution in [1.82, 2.24) is 0 Å². The minimum absolute atomic E-state index is 0.00244. The van der Waals surface area contributed by atoms with Crippen LogP contribution in [-0.4, -0.2) is 34.6 Å². The van der Waals surface area contributed by atoms with Crippen LogP contribution in [0.1, 0.15) is 11.1 Å². The molecule has 0 spiro atoms. The Labute approximate surface area is 192 Å². The van der Waals surface area contributed by atoms with Crippen LogP contribution in [-0.2, 0) is 29.1 Å². The van der Waals surface area contributed by atoms with Gasteiger partial charge in [-0.15, -0.1) is 0 Å². The molecule has 0 unspecified atom stereocenters. The third kappa shape index (κ3) is 5.15. The molecular weight excluding hydrogens is 444 g/mol. The summed E-state index contributed by atoms with van der Waals surface area (Å²) in [7, 11) is -1.43. The van der Waals surface area contributed by atoms with E-state index in [0.717, 1.165) is 11.1 Å². The second kappa shape index (κ2) is 9.74. The maximum Gasteiger partial charge on any atom is 0.355 e. The highest BCUT2D eigenvalue weighted by molar-refractivity contribution is 7.92. The number of ether oxygens (including phenoxy) is 2. The van der Waals surface area contributed by atoms with E-state index in [2.05, 4.69) is 4.72 Å². The van der Waals surface area contributed by atoms with Crippen molar-refractivity contribution in [3.05, 3.63) is 89.3 Å². The summed E-state index contributed by atoms with van der Waals surface area (Å²) in [6, 6.07) is 11.4. The van der Waals surface area contributed by atoms with Gasteiger partial charge >= 0.3 is 11.9 Å². The van der Waals surface area contributed by atoms with E-state index in [4.69, 9.17) is 9.47 Å². The highest BCUT2D eigenvalue weighted by Gasteiger charge is 2.27. The third-order valence-corrected chi connectivity index (χ3v) is 6.33. The van der Waals surface area contributed by atoms with Crippen LogP contribution in [0.15, 0.2) is 83.1 Å². The van der Waals surface area contributed by atoms with Crippen LogP contribution in [0, 0.1) is 13.8 Å². The van der Waals surface area contributed by atoms with Gasteiger partial charge in [0.15, 0.2) is 0 Å². The lowest BCUT2D eigenvalue weighted by Gasteiger charge is -2.23. The number of rotatable bonds is 6. The summed E-state index contributed by atoms with van der Waals surface area (Å²) in [5, 5.41) is 0. The van der Waals surface area contributed by atoms with Gasteiger partial charge < -0.3 is 14.4 Å². The number of allylic oxidation sites excluding steroid dienone is 2. The molecule has 172 valence electrons. The first-order chi connectivity index (χ1) is 15.7. The summed E-state index contributed by atoms with van der Waals surface area (Å²) < 4.78 is 38.1. The molecule has 1 aliphatic heterocycles. The Morgan fingerprint density at radius 3 is 2.21 bits per heavy atom. The van der Waals surface area contributed by atoms with E-state index in [1.165, 1.54) is 49.5 Å². The summed E-state index contributed by atoms with van der Waals surface area (Å²) in [6.45, 7) is 3.70. The van der Waals surface area contributed by atoms with Crippen molar-refractivity contribution in [3.8, 4) is 0 Å². The first kappa shape index (κ1) is 23.8. The van der Waals surface area contributed by atoms with E-state index in [9.17, 15) is 18.0 Å². The average molecular weight is 469 g/mol. The highest BCUT2D eigenvalue weighted by Crippen LogP contribution is 2.28. The number of aryl methyl sites for hydroxylation is 2. The van der Waals surface area contributed by atoms with Crippen molar-refractivity contribution in [3.63, 3.8) is 0 Å². The van der Waals surface area contributed by atoms with E-state index in [0.29, 0.717) is 11.4 Å². The van der Waals surface area contributed by atoms with Gasteiger partial charge in [0.1, 0.15) is 5.70 Å². The monoisotopic (exact) mass is 468 g/mol. The summed E-state index contributed by atoms with van der Waals surface area (Å²) in [5.74, 6) is -1.46. The molecule has 3 rings (SSSR count). The van der Waals surface area contributed by atoms with Crippen molar-refractivity contribution in [2.75, 3.05) is 23.8 Å². The average Bonchev–Trinajstić information content (AvgIpc) is 3.03. The lowest BCUT2D eigenvalue weighted by molar-refractivity contribution is -0.139. The van der Waals surface area contributed by atoms with E-state index in [1.54, 1.807) is 24.4 Å². The summed E-state index contributed by atoms with van der Waals surface area (Å²) in [6.07, 6.45) is 6.23. The van der Waals surface area contributed by atoms with Gasteiger partial charge in [-0.05, 0) is 67.5 Å². The van der Waals surface area contributed by atoms with Gasteiger partial charge in [-0.3, -0.25) is 4.72 Å². The molecule has 0 aromatic heterocycles. The largest absolute Gasteiger partial charge is 0.465 e. The van der Waals surface area contributed by atoms with Crippen molar-refractivity contribution < 1.29 is 27.5 Å². The molecule has 1 N–H and O–H groups in total. The number of nitrogens with one attached hydrogen (secondary N) is 1. The molecular formula is C24H24N2O6S. The number of benzene rings is 2. The normalized spacial score (nSPS) is 13.5. The summed E-state index contributed by atoms with van der Waals surface area (Å²) >= 11 is 0. The van der Waals surface area contributed by atoms with Gasteiger partial charge in [0.2, 0.25) is 0 Å². The molecule has 0 amide bonds. The van der Waals surface area contributed by atoms with Crippen LogP contribution in [0.5, 0.6) is 0 Å². The fraction of sp³-hybridized carbons (Fsp3) is 0.167. The van der Waals surface area contributed by atoms with Gasteiger partial charge in [0, 0.05) is 11.9 Å². The van der Waals surface area contributed by atoms with E-state index >= 15 is 0 Å². The van der Waals surface area contributed by atoms with Gasteiger partial charge in [-0.25, -0.2) is 18.0 Å². The fourth-order valence-electron chi connectivity index (χ4n) is 3.20.